The molecule has 2 nitrogen and oxygen atoms in total. The predicted molar refractivity (Wildman–Crippen MR) is 22.6 cm³/mol. The van der Waals surface area contributed by atoms with Gasteiger partial charge in [0, 0.05) is 0 Å². The Bertz CT molecular complexity index is 62.7. The van der Waals surface area contributed by atoms with E-state index in [1.807, 2.05) is 0 Å². The summed E-state index contributed by atoms with van der Waals surface area (Å²) < 4.78 is 15.3. The number of hydrogen-bond donors (Lipinski definition) is 0. The molecule has 0 aromatic heterocycles. The number of carbonyl (C=O) groups excluding carboxylic acids is 1. The minimum atomic E-state index is -1.02. The van der Waals surface area contributed by atoms with Gasteiger partial charge >= 0.3 is 5.97 Å². The molecule has 42 valence electrons. The first-order valence-corrected chi connectivity index (χ1v) is 2.02. The molecule has 0 spiro atoms. The predicted octanol–water partition coefficient (Wildman–Crippen LogP) is 0.519. The highest BCUT2D eigenvalue weighted by molar-refractivity contribution is 5.70. The van der Waals surface area contributed by atoms with E-state index in [1.165, 1.54) is 0 Å². The van der Waals surface area contributed by atoms with Crippen molar-refractivity contribution in [2.75, 3.05) is 13.3 Å². The summed E-state index contributed by atoms with van der Waals surface area (Å²) in [5.74, 6) is -0.789. The van der Waals surface area contributed by atoms with Gasteiger partial charge < -0.3 is 4.74 Å². The second-order valence-electron chi connectivity index (χ2n) is 0.939. The molecule has 0 rings (SSSR count). The molecule has 3 heteroatoms. The Hall–Kier alpha value is -0.600. The van der Waals surface area contributed by atoms with E-state index >= 15 is 0 Å². The van der Waals surface area contributed by atoms with Crippen LogP contribution in [0.25, 0.3) is 0 Å². The Kier molecular flexibility index (Phi) is 3.28. The third-order valence-electron chi connectivity index (χ3n) is 0.414. The zero-order valence-electron chi connectivity index (χ0n) is 4.11. The molecule has 0 amide bonds. The zero-order chi connectivity index (χ0) is 5.70. The first-order valence-electron chi connectivity index (χ1n) is 2.02. The Morgan fingerprint density at radius 1 is 1.86 bits per heavy atom. The fourth-order valence-corrected chi connectivity index (χ4v) is 0.200. The molecule has 0 saturated carbocycles. The van der Waals surface area contributed by atoms with Crippen LogP contribution in [0, 0.1) is 0 Å². The van der Waals surface area contributed by atoms with Crippen LogP contribution in [0.4, 0.5) is 4.39 Å². The Balaban J connectivity index is 3.00. The normalized spacial score (nSPS) is 8.29. The third-order valence-corrected chi connectivity index (χ3v) is 0.414. The highest BCUT2D eigenvalue weighted by atomic mass is 19.2. The van der Waals surface area contributed by atoms with Gasteiger partial charge in [-0.2, -0.15) is 0 Å². The van der Waals surface area contributed by atoms with E-state index in [0.29, 0.717) is 0 Å². The van der Waals surface area contributed by atoms with E-state index < -0.39 is 12.6 Å². The molecule has 0 aliphatic heterocycles. The van der Waals surface area contributed by atoms with Crippen LogP contribution in [-0.4, -0.2) is 19.3 Å². The van der Waals surface area contributed by atoms with Crippen LogP contribution in [0.3, 0.4) is 0 Å². The van der Waals surface area contributed by atoms with Crippen molar-refractivity contribution in [3.63, 3.8) is 0 Å². The molecule has 0 aliphatic rings. The molecular formula is C4H7FO2. The molecule has 0 fully saturated rings. The molecule has 0 saturated heterocycles. The lowest BCUT2D eigenvalue weighted by Crippen LogP contribution is -2.04. The van der Waals surface area contributed by atoms with Crippen molar-refractivity contribution < 1.29 is 13.9 Å². The lowest BCUT2D eigenvalue weighted by Gasteiger charge is -1.92. The average molecular weight is 107 g/mol. The smallest absolute Gasteiger partial charge is 0.337 e. The highest BCUT2D eigenvalue weighted by Gasteiger charge is 1.94. The largest absolute Gasteiger partial charge is 0.464 e. The van der Waals surface area contributed by atoms with Gasteiger partial charge in [0.05, 0.1) is 6.61 Å². The van der Waals surface area contributed by atoms with Crippen LogP contribution in [0.1, 0.15) is 6.92 Å². The van der Waals surface area contributed by atoms with Crippen molar-refractivity contribution in [3.8, 4) is 0 Å². The summed E-state index contributed by atoms with van der Waals surface area (Å²) in [7, 11) is 0. The maximum absolute atomic E-state index is 11.1. The number of hydrogen-bond acceptors (Lipinski definition) is 2. The van der Waals surface area contributed by atoms with Gasteiger partial charge in [-0.1, -0.05) is 0 Å². The van der Waals surface area contributed by atoms with Crippen molar-refractivity contribution in [1.29, 1.82) is 0 Å². The molecule has 7 heavy (non-hydrogen) atoms. The molecule has 0 unspecified atom stereocenters. The summed E-state index contributed by atoms with van der Waals surface area (Å²) in [5.41, 5.74) is 0. The quantitative estimate of drug-likeness (QED) is 0.380. The van der Waals surface area contributed by atoms with Crippen LogP contribution in [0.2, 0.25) is 0 Å². The van der Waals surface area contributed by atoms with E-state index in [-0.39, 0.29) is 6.61 Å². The van der Waals surface area contributed by atoms with E-state index in [0.717, 1.165) is 0 Å². The van der Waals surface area contributed by atoms with Gasteiger partial charge in [0.15, 0.2) is 6.67 Å². The first-order chi connectivity index (χ1) is 3.31. The van der Waals surface area contributed by atoms with Gasteiger partial charge in [-0.25, -0.2) is 9.18 Å². The third kappa shape index (κ3) is 3.22. The second-order valence-corrected chi connectivity index (χ2v) is 0.939. The number of ether oxygens (including phenoxy) is 1. The van der Waals surface area contributed by atoms with Crippen LogP contribution in [0.5, 0.6) is 0 Å². The summed E-state index contributed by atoms with van der Waals surface area (Å²) in [4.78, 5) is 9.81. The Morgan fingerprint density at radius 3 is 2.57 bits per heavy atom. The van der Waals surface area contributed by atoms with Gasteiger partial charge in [0.25, 0.3) is 0 Å². The highest BCUT2D eigenvalue weighted by Crippen LogP contribution is 1.75. The fourth-order valence-electron chi connectivity index (χ4n) is 0.200. The molecule has 0 aromatic rings. The van der Waals surface area contributed by atoms with Crippen LogP contribution < -0.4 is 0 Å². The maximum atomic E-state index is 11.1. The van der Waals surface area contributed by atoms with Crippen molar-refractivity contribution in [2.24, 2.45) is 0 Å². The number of esters is 1. The van der Waals surface area contributed by atoms with E-state index in [1.54, 1.807) is 6.92 Å². The van der Waals surface area contributed by atoms with Gasteiger partial charge in [-0.05, 0) is 6.92 Å². The van der Waals surface area contributed by atoms with Crippen molar-refractivity contribution >= 4 is 5.97 Å². The van der Waals surface area contributed by atoms with Crippen molar-refractivity contribution in [1.82, 2.24) is 0 Å². The summed E-state index contributed by atoms with van der Waals surface area (Å²) >= 11 is 0. The molecule has 0 atom stereocenters. The SMILES string of the molecule is CCOC(=O)[13CH2]F. The maximum Gasteiger partial charge on any atom is 0.337 e. The Morgan fingerprint density at radius 2 is 2.43 bits per heavy atom. The fraction of sp³-hybridized carbons (Fsp3) is 0.750. The zero-order valence-corrected chi connectivity index (χ0v) is 4.11. The number of carbonyl (C=O) groups is 1. The summed E-state index contributed by atoms with van der Waals surface area (Å²) in [6, 6.07) is 0. The number of halogens is 1. The van der Waals surface area contributed by atoms with Crippen LogP contribution >= 0.6 is 0 Å². The second kappa shape index (κ2) is 3.59. The first kappa shape index (κ1) is 6.40. The average Bonchev–Trinajstić information content (AvgIpc) is 1.68. The van der Waals surface area contributed by atoms with E-state index in [9.17, 15) is 9.18 Å². The standard InChI is InChI=1S/C4H7FO2/c1-2-7-4(6)3-5/h2-3H2,1H3/i3+1. The van der Waals surface area contributed by atoms with Crippen molar-refractivity contribution in [2.45, 2.75) is 6.92 Å². The van der Waals surface area contributed by atoms with Gasteiger partial charge in [-0.3, -0.25) is 0 Å². The molecule has 0 aliphatic carbocycles. The van der Waals surface area contributed by atoms with Gasteiger partial charge in [-0.15, -0.1) is 0 Å². The van der Waals surface area contributed by atoms with E-state index in [4.69, 9.17) is 0 Å². The molecule has 0 bridgehead atoms. The van der Waals surface area contributed by atoms with Crippen LogP contribution in [0.15, 0.2) is 0 Å². The molecule has 0 N–H and O–H groups in total. The minimum Gasteiger partial charge on any atom is -0.464 e. The van der Waals surface area contributed by atoms with Crippen LogP contribution in [-0.2, 0) is 9.53 Å². The molecule has 0 radical (unpaired) electrons. The van der Waals surface area contributed by atoms with Gasteiger partial charge in [0.1, 0.15) is 0 Å². The minimum absolute atomic E-state index is 0.253. The number of rotatable bonds is 2. The molecular weight excluding hydrogens is 100 g/mol. The Labute approximate surface area is 41.3 Å². The monoisotopic (exact) mass is 107 g/mol. The molecule has 0 heterocycles. The summed E-state index contributed by atoms with van der Waals surface area (Å²) in [6.07, 6.45) is 0. The van der Waals surface area contributed by atoms with Gasteiger partial charge in [0.2, 0.25) is 0 Å². The summed E-state index contributed by atoms with van der Waals surface area (Å²) in [6.45, 7) is 0.865. The molecule has 0 aromatic carbocycles. The van der Waals surface area contributed by atoms with E-state index in [2.05, 4.69) is 4.74 Å². The lowest BCUT2D eigenvalue weighted by molar-refractivity contribution is -0.144. The topological polar surface area (TPSA) is 26.3 Å². The van der Waals surface area contributed by atoms with Crippen molar-refractivity contribution in [3.05, 3.63) is 0 Å². The lowest BCUT2D eigenvalue weighted by atomic mass is 10.9. The summed E-state index contributed by atoms with van der Waals surface area (Å²) in [5, 5.41) is 0. The number of alkyl halides is 1.